The number of nitrogens with zero attached hydrogens (tertiary/aromatic N) is 3. The van der Waals surface area contributed by atoms with Crippen LogP contribution in [-0.2, 0) is 13.0 Å². The molecule has 0 amide bonds. The maximum Gasteiger partial charge on any atom is 0.264 e. The summed E-state index contributed by atoms with van der Waals surface area (Å²) < 4.78 is 8.05. The van der Waals surface area contributed by atoms with Crippen LogP contribution in [0.4, 0.5) is 0 Å². The van der Waals surface area contributed by atoms with Crippen molar-refractivity contribution < 1.29 is 4.42 Å². The summed E-state index contributed by atoms with van der Waals surface area (Å²) in [5, 5.41) is 10.3. The molecular formula is C20H18ClN3O. The number of hydrogen-bond acceptors (Lipinski definition) is 3. The predicted molar refractivity (Wildman–Crippen MR) is 99.8 cm³/mol. The minimum atomic E-state index is 0.548. The molecule has 0 saturated carbocycles. The molecule has 4 aromatic rings. The Morgan fingerprint density at radius 2 is 1.84 bits per heavy atom. The van der Waals surface area contributed by atoms with E-state index in [1.54, 1.807) is 0 Å². The minimum absolute atomic E-state index is 0.548. The van der Waals surface area contributed by atoms with Crippen molar-refractivity contribution in [2.45, 2.75) is 26.3 Å². The summed E-state index contributed by atoms with van der Waals surface area (Å²) in [6.45, 7) is 2.74. The third kappa shape index (κ3) is 3.05. The van der Waals surface area contributed by atoms with Crippen LogP contribution in [0.5, 0.6) is 0 Å². The molecule has 126 valence electrons. The van der Waals surface area contributed by atoms with E-state index in [9.17, 15) is 0 Å². The van der Waals surface area contributed by atoms with Gasteiger partial charge in [-0.25, -0.2) is 0 Å². The van der Waals surface area contributed by atoms with Crippen molar-refractivity contribution in [3.63, 3.8) is 0 Å². The maximum atomic E-state index is 6.37. The molecule has 0 aliphatic rings. The van der Waals surface area contributed by atoms with Crippen LogP contribution in [-0.4, -0.2) is 14.8 Å². The van der Waals surface area contributed by atoms with Crippen LogP contribution < -0.4 is 0 Å². The van der Waals surface area contributed by atoms with Crippen molar-refractivity contribution >= 4 is 22.5 Å². The van der Waals surface area contributed by atoms with Gasteiger partial charge in [-0.2, -0.15) is 0 Å². The minimum Gasteiger partial charge on any atom is -0.419 e. The standard InChI is InChI=1S/C20H18ClN3O/c1-2-7-19-22-23-20(25-19)18-12-14-8-4-6-11-17(14)24(18)13-15-9-3-5-10-16(15)21/h3-6,8-12H,2,7,13H2,1H3. The molecule has 4 rings (SSSR count). The molecule has 2 aromatic carbocycles. The van der Waals surface area contributed by atoms with Gasteiger partial charge in [0, 0.05) is 28.9 Å². The first-order valence-electron chi connectivity index (χ1n) is 8.40. The van der Waals surface area contributed by atoms with Crippen LogP contribution in [0.25, 0.3) is 22.5 Å². The van der Waals surface area contributed by atoms with Crippen LogP contribution in [0.3, 0.4) is 0 Å². The lowest BCUT2D eigenvalue weighted by atomic mass is 10.2. The van der Waals surface area contributed by atoms with Gasteiger partial charge in [0.25, 0.3) is 5.89 Å². The Hall–Kier alpha value is -2.59. The van der Waals surface area contributed by atoms with Crippen LogP contribution >= 0.6 is 11.6 Å². The Bertz CT molecular complexity index is 1020. The molecule has 2 heterocycles. The lowest BCUT2D eigenvalue weighted by Crippen LogP contribution is -2.02. The van der Waals surface area contributed by atoms with Crippen molar-refractivity contribution in [2.24, 2.45) is 0 Å². The summed E-state index contributed by atoms with van der Waals surface area (Å²) in [5.74, 6) is 1.22. The Kier molecular flexibility index (Phi) is 4.28. The largest absolute Gasteiger partial charge is 0.419 e. The third-order valence-electron chi connectivity index (χ3n) is 4.25. The van der Waals surface area contributed by atoms with E-state index in [4.69, 9.17) is 16.0 Å². The first-order valence-corrected chi connectivity index (χ1v) is 8.78. The van der Waals surface area contributed by atoms with Gasteiger partial charge in [-0.3, -0.25) is 0 Å². The number of fused-ring (bicyclic) bond motifs is 1. The van der Waals surface area contributed by atoms with Crippen LogP contribution in [0.1, 0.15) is 24.8 Å². The average molecular weight is 352 g/mol. The molecule has 0 aliphatic heterocycles. The van der Waals surface area contributed by atoms with Crippen molar-refractivity contribution in [3.05, 3.63) is 71.1 Å². The molecule has 0 spiro atoms. The van der Waals surface area contributed by atoms with Gasteiger partial charge in [0.15, 0.2) is 0 Å². The monoisotopic (exact) mass is 351 g/mol. The van der Waals surface area contributed by atoms with Crippen LogP contribution in [0, 0.1) is 0 Å². The number of aryl methyl sites for hydroxylation is 1. The van der Waals surface area contributed by atoms with Gasteiger partial charge in [0.05, 0.1) is 0 Å². The molecule has 0 N–H and O–H groups in total. The maximum absolute atomic E-state index is 6.37. The Balaban J connectivity index is 1.84. The molecular weight excluding hydrogens is 334 g/mol. The van der Waals surface area contributed by atoms with Gasteiger partial charge >= 0.3 is 0 Å². The smallest absolute Gasteiger partial charge is 0.264 e. The van der Waals surface area contributed by atoms with E-state index < -0.39 is 0 Å². The van der Waals surface area contributed by atoms with Crippen molar-refractivity contribution in [3.8, 4) is 11.6 Å². The Morgan fingerprint density at radius 1 is 1.04 bits per heavy atom. The molecule has 0 bridgehead atoms. The normalized spacial score (nSPS) is 11.3. The van der Waals surface area contributed by atoms with Gasteiger partial charge in [0.2, 0.25) is 5.89 Å². The lowest BCUT2D eigenvalue weighted by molar-refractivity contribution is 0.498. The zero-order chi connectivity index (χ0) is 17.2. The molecule has 0 aliphatic carbocycles. The molecule has 5 heteroatoms. The highest BCUT2D eigenvalue weighted by Crippen LogP contribution is 2.29. The summed E-state index contributed by atoms with van der Waals surface area (Å²) in [7, 11) is 0. The second kappa shape index (κ2) is 6.73. The number of para-hydroxylation sites is 1. The van der Waals surface area contributed by atoms with E-state index in [-0.39, 0.29) is 0 Å². The van der Waals surface area contributed by atoms with Gasteiger partial charge in [0.1, 0.15) is 5.69 Å². The first-order chi connectivity index (χ1) is 12.3. The van der Waals surface area contributed by atoms with Crippen LogP contribution in [0.15, 0.2) is 59.0 Å². The van der Waals surface area contributed by atoms with E-state index in [0.717, 1.165) is 40.0 Å². The number of hydrogen-bond donors (Lipinski definition) is 0. The molecule has 0 atom stereocenters. The Labute approximate surface area is 151 Å². The molecule has 2 aromatic heterocycles. The van der Waals surface area contributed by atoms with E-state index in [1.165, 1.54) is 0 Å². The van der Waals surface area contributed by atoms with Crippen LogP contribution in [0.2, 0.25) is 5.02 Å². The number of halogens is 1. The first kappa shape index (κ1) is 15.9. The van der Waals surface area contributed by atoms with E-state index in [2.05, 4.69) is 39.9 Å². The average Bonchev–Trinajstić information content (AvgIpc) is 3.22. The summed E-state index contributed by atoms with van der Waals surface area (Å²) in [5.41, 5.74) is 3.09. The number of rotatable bonds is 5. The molecule has 0 saturated heterocycles. The summed E-state index contributed by atoms with van der Waals surface area (Å²) in [4.78, 5) is 0. The number of aromatic nitrogens is 3. The van der Waals surface area contributed by atoms with Gasteiger partial charge in [-0.1, -0.05) is 54.9 Å². The predicted octanol–water partition coefficient (Wildman–Crippen LogP) is 5.35. The van der Waals surface area contributed by atoms with E-state index in [1.807, 2.05) is 36.4 Å². The SMILES string of the molecule is CCCc1nnc(-c2cc3ccccc3n2Cc2ccccc2Cl)o1. The third-order valence-corrected chi connectivity index (χ3v) is 4.62. The topological polar surface area (TPSA) is 43.9 Å². The van der Waals surface area contributed by atoms with Gasteiger partial charge in [-0.05, 0) is 30.2 Å². The lowest BCUT2D eigenvalue weighted by Gasteiger charge is -2.10. The number of benzene rings is 2. The summed E-state index contributed by atoms with van der Waals surface area (Å²) in [6, 6.07) is 18.2. The fourth-order valence-corrected chi connectivity index (χ4v) is 3.22. The fraction of sp³-hybridized carbons (Fsp3) is 0.200. The van der Waals surface area contributed by atoms with E-state index in [0.29, 0.717) is 18.3 Å². The zero-order valence-electron chi connectivity index (χ0n) is 13.9. The zero-order valence-corrected chi connectivity index (χ0v) is 14.7. The molecule has 0 unspecified atom stereocenters. The van der Waals surface area contributed by atoms with Gasteiger partial charge in [-0.15, -0.1) is 10.2 Å². The molecule has 25 heavy (non-hydrogen) atoms. The Morgan fingerprint density at radius 3 is 2.68 bits per heavy atom. The van der Waals surface area contributed by atoms with Crippen molar-refractivity contribution in [2.75, 3.05) is 0 Å². The van der Waals surface area contributed by atoms with Crippen molar-refractivity contribution in [1.82, 2.24) is 14.8 Å². The summed E-state index contributed by atoms with van der Waals surface area (Å²) >= 11 is 6.37. The van der Waals surface area contributed by atoms with E-state index >= 15 is 0 Å². The second-order valence-electron chi connectivity index (χ2n) is 6.02. The summed E-state index contributed by atoms with van der Waals surface area (Å²) in [6.07, 6.45) is 1.77. The quantitative estimate of drug-likeness (QED) is 0.487. The van der Waals surface area contributed by atoms with Gasteiger partial charge < -0.3 is 8.98 Å². The highest BCUT2D eigenvalue weighted by Gasteiger charge is 2.17. The second-order valence-corrected chi connectivity index (χ2v) is 6.42. The highest BCUT2D eigenvalue weighted by atomic mass is 35.5. The molecule has 0 radical (unpaired) electrons. The van der Waals surface area contributed by atoms with Crippen molar-refractivity contribution in [1.29, 1.82) is 0 Å². The highest BCUT2D eigenvalue weighted by molar-refractivity contribution is 6.31. The molecule has 4 nitrogen and oxygen atoms in total. The molecule has 0 fully saturated rings. The fourth-order valence-electron chi connectivity index (χ4n) is 3.03.